The van der Waals surface area contributed by atoms with Crippen LogP contribution in [0.3, 0.4) is 0 Å². The van der Waals surface area contributed by atoms with Gasteiger partial charge in [0.25, 0.3) is 11.1 Å². The predicted octanol–water partition coefficient (Wildman–Crippen LogP) is 3.29. The molecule has 1 aliphatic heterocycles. The van der Waals surface area contributed by atoms with Gasteiger partial charge in [-0.1, -0.05) is 18.2 Å². The number of benzene rings is 2. The summed E-state index contributed by atoms with van der Waals surface area (Å²) in [6.07, 6.45) is 7.25. The van der Waals surface area contributed by atoms with Crippen LogP contribution in [0.1, 0.15) is 38.5 Å². The minimum atomic E-state index is -0.564. The van der Waals surface area contributed by atoms with Gasteiger partial charge in [-0.15, -0.1) is 0 Å². The van der Waals surface area contributed by atoms with E-state index < -0.39 is 16.9 Å². The zero-order valence-corrected chi connectivity index (χ0v) is 23.4. The van der Waals surface area contributed by atoms with E-state index in [1.54, 1.807) is 10.6 Å². The topological polar surface area (TPSA) is 94.8 Å². The van der Waals surface area contributed by atoms with Crippen molar-refractivity contribution >= 4 is 11.0 Å². The summed E-state index contributed by atoms with van der Waals surface area (Å²) in [6, 6.07) is 12.9. The lowest BCUT2D eigenvalue weighted by Gasteiger charge is -2.57. The molecule has 8 nitrogen and oxygen atoms in total. The molecule has 4 saturated carbocycles. The Kier molecular flexibility index (Phi) is 6.82. The molecule has 0 radical (unpaired) electrons. The fourth-order valence-electron chi connectivity index (χ4n) is 8.56. The highest BCUT2D eigenvalue weighted by atomic mass is 19.1. The Labute approximate surface area is 238 Å². The Hall–Kier alpha value is -3.30. The summed E-state index contributed by atoms with van der Waals surface area (Å²) in [4.78, 5) is 29.5. The van der Waals surface area contributed by atoms with Gasteiger partial charge in [0.1, 0.15) is 5.82 Å². The van der Waals surface area contributed by atoms with Crippen molar-refractivity contribution in [1.82, 2.24) is 14.0 Å². The molecule has 1 aromatic carbocycles. The van der Waals surface area contributed by atoms with Crippen LogP contribution in [0, 0.1) is 29.0 Å². The zero-order chi connectivity index (χ0) is 28.1. The summed E-state index contributed by atoms with van der Waals surface area (Å²) in [5.41, 5.74) is 2.84. The van der Waals surface area contributed by atoms with Gasteiger partial charge >= 0.3 is 0 Å². The lowest BCUT2D eigenvalue weighted by Crippen LogP contribution is -2.51. The molecule has 5 fully saturated rings. The first-order valence-corrected chi connectivity index (χ1v) is 15.0. The molecule has 4 bridgehead atoms. The number of ether oxygens (including phenoxy) is 1. The second kappa shape index (κ2) is 10.5. The fourth-order valence-corrected chi connectivity index (χ4v) is 8.56. The lowest BCUT2D eigenvalue weighted by molar-refractivity contribution is -0.0617. The predicted molar refractivity (Wildman–Crippen MR) is 155 cm³/mol. The van der Waals surface area contributed by atoms with Crippen molar-refractivity contribution in [2.45, 2.75) is 51.6 Å². The van der Waals surface area contributed by atoms with Crippen LogP contribution in [0.15, 0.2) is 57.2 Å². The zero-order valence-electron chi connectivity index (χ0n) is 23.4. The van der Waals surface area contributed by atoms with Gasteiger partial charge in [0.2, 0.25) is 5.36 Å². The van der Waals surface area contributed by atoms with Crippen molar-refractivity contribution in [2.24, 2.45) is 34.1 Å². The number of nitrogens with two attached hydrogens (primary N) is 1. The third-order valence-electron chi connectivity index (χ3n) is 10.1. The van der Waals surface area contributed by atoms with Gasteiger partial charge in [-0.05, 0) is 97.1 Å². The van der Waals surface area contributed by atoms with Gasteiger partial charge in [0.05, 0.1) is 24.2 Å². The minimum absolute atomic E-state index is 0.0434. The van der Waals surface area contributed by atoms with E-state index >= 15 is 0 Å². The van der Waals surface area contributed by atoms with E-state index in [-0.39, 0.29) is 10.8 Å². The van der Waals surface area contributed by atoms with Crippen LogP contribution in [-0.4, -0.2) is 46.9 Å². The molecular weight excluding hydrogens is 521 g/mol. The molecule has 41 heavy (non-hydrogen) atoms. The number of nitrogens with zero attached hydrogens (tertiary/aromatic N) is 4. The third kappa shape index (κ3) is 5.14. The van der Waals surface area contributed by atoms with Gasteiger partial charge in [-0.25, -0.2) is 4.39 Å². The van der Waals surface area contributed by atoms with Crippen LogP contribution in [0.25, 0.3) is 22.2 Å². The maximum atomic E-state index is 14.5. The molecule has 2 aromatic rings. The molecule has 0 unspecified atom stereocenters. The van der Waals surface area contributed by atoms with Crippen LogP contribution < -0.4 is 22.3 Å². The van der Waals surface area contributed by atoms with E-state index in [1.807, 2.05) is 0 Å². The van der Waals surface area contributed by atoms with Crippen molar-refractivity contribution in [3.63, 3.8) is 0 Å². The van der Waals surface area contributed by atoms with Crippen molar-refractivity contribution in [1.29, 1.82) is 0 Å². The first kappa shape index (κ1) is 26.6. The molecule has 0 spiro atoms. The van der Waals surface area contributed by atoms with Crippen molar-refractivity contribution in [3.05, 3.63) is 74.3 Å². The van der Waals surface area contributed by atoms with E-state index in [2.05, 4.69) is 34.3 Å². The smallest absolute Gasteiger partial charge is 0.284 e. The maximum absolute atomic E-state index is 14.5. The van der Waals surface area contributed by atoms with E-state index in [4.69, 9.17) is 10.6 Å². The van der Waals surface area contributed by atoms with Gasteiger partial charge in [0.15, 0.2) is 0 Å². The normalized spacial score (nSPS) is 28.0. The van der Waals surface area contributed by atoms with Crippen LogP contribution in [0.5, 0.6) is 0 Å². The molecule has 2 N–H and O–H groups in total. The van der Waals surface area contributed by atoms with E-state index in [0.29, 0.717) is 43.9 Å². The van der Waals surface area contributed by atoms with Crippen LogP contribution >= 0.6 is 0 Å². The van der Waals surface area contributed by atoms with Gasteiger partial charge < -0.3 is 19.7 Å². The van der Waals surface area contributed by atoms with Crippen molar-refractivity contribution in [3.8, 4) is 11.1 Å². The Balaban J connectivity index is 0.000000403. The third-order valence-corrected chi connectivity index (χ3v) is 10.1. The molecule has 7 aliphatic rings. The number of halogens is 1. The Morgan fingerprint density at radius 2 is 1.49 bits per heavy atom. The SMILES string of the molecule is NN=c1c(=O)n(CCN2CCOCC2)c2cc(F)ccc2n(CC23CC4CC(CC(C4)C2)C3)c1=O.c1cc2cc-2c1. The first-order chi connectivity index (χ1) is 19.9. The Morgan fingerprint density at radius 1 is 0.854 bits per heavy atom. The highest BCUT2D eigenvalue weighted by Crippen LogP contribution is 2.60. The second-order valence-corrected chi connectivity index (χ2v) is 12.9. The molecule has 0 atom stereocenters. The van der Waals surface area contributed by atoms with Gasteiger partial charge in [-0.3, -0.25) is 14.5 Å². The van der Waals surface area contributed by atoms with Crippen molar-refractivity contribution < 1.29 is 9.13 Å². The van der Waals surface area contributed by atoms with Crippen LogP contribution in [0.4, 0.5) is 4.39 Å². The Morgan fingerprint density at radius 3 is 2.05 bits per heavy atom. The summed E-state index contributed by atoms with van der Waals surface area (Å²) in [5, 5.41) is 3.39. The summed E-state index contributed by atoms with van der Waals surface area (Å²) in [5.74, 6) is 7.37. The Bertz CT molecular complexity index is 1620. The maximum Gasteiger partial charge on any atom is 0.284 e. The number of hydrogen-bond acceptors (Lipinski definition) is 6. The number of fused-ring (bicyclic) bond motifs is 2. The quantitative estimate of drug-likeness (QED) is 0.299. The molecule has 1 aromatic heterocycles. The largest absolute Gasteiger partial charge is 0.379 e. The highest BCUT2D eigenvalue weighted by Gasteiger charge is 2.51. The number of rotatable bonds is 5. The molecule has 6 aliphatic carbocycles. The van der Waals surface area contributed by atoms with Crippen molar-refractivity contribution in [2.75, 3.05) is 32.8 Å². The fraction of sp³-hybridized carbons (Fsp3) is 0.531. The van der Waals surface area contributed by atoms with E-state index in [0.717, 1.165) is 50.1 Å². The number of morpholine rings is 1. The summed E-state index contributed by atoms with van der Waals surface area (Å²) < 4.78 is 23.1. The molecule has 2 heterocycles. The standard InChI is InChI=1S/C26H34FN5O3.C6H4/c27-20-1-2-21-22(12-20)31(4-3-30-5-7-35-8-6-30)24(33)23(29-28)25(34)32(21)16-26-13-17-9-18(14-26)11-19(10-17)15-26;1-2-5-4-6(5)3-1/h1-2,12,17-19H,3-11,13-16,28H2;1-4H. The summed E-state index contributed by atoms with van der Waals surface area (Å²) in [7, 11) is 0. The number of aromatic nitrogens is 2. The summed E-state index contributed by atoms with van der Waals surface area (Å²) >= 11 is 0. The molecular formula is C32H38FN5O3. The average Bonchev–Trinajstić information content (AvgIpc) is 3.57. The molecule has 1 saturated heterocycles. The minimum Gasteiger partial charge on any atom is -0.379 e. The number of hydrogen-bond donors (Lipinski definition) is 1. The molecule has 9 heteroatoms. The van der Waals surface area contributed by atoms with Gasteiger partial charge in [-0.2, -0.15) is 5.10 Å². The molecule has 0 amide bonds. The van der Waals surface area contributed by atoms with Crippen LogP contribution in [-0.2, 0) is 17.8 Å². The van der Waals surface area contributed by atoms with Gasteiger partial charge in [0, 0.05) is 32.7 Å². The van der Waals surface area contributed by atoms with E-state index in [9.17, 15) is 14.0 Å². The summed E-state index contributed by atoms with van der Waals surface area (Å²) in [6.45, 7) is 4.26. The van der Waals surface area contributed by atoms with E-state index in [1.165, 1.54) is 47.1 Å². The molecule has 9 rings (SSSR count). The average molecular weight is 560 g/mol. The second-order valence-electron chi connectivity index (χ2n) is 12.9. The highest BCUT2D eigenvalue weighted by molar-refractivity contribution is 5.80. The lowest BCUT2D eigenvalue weighted by atomic mass is 9.49. The molecule has 216 valence electrons. The van der Waals surface area contributed by atoms with Crippen LogP contribution in [0.2, 0.25) is 0 Å². The monoisotopic (exact) mass is 559 g/mol. The first-order valence-electron chi connectivity index (χ1n) is 15.0.